The maximum atomic E-state index is 13.5. The number of fused-ring (bicyclic) bond motifs is 1. The third-order valence-corrected chi connectivity index (χ3v) is 4.18. The lowest BCUT2D eigenvalue weighted by atomic mass is 10.3. The van der Waals surface area contributed by atoms with E-state index in [9.17, 15) is 17.2 Å². The van der Waals surface area contributed by atoms with Crippen LogP contribution >= 0.6 is 0 Å². The van der Waals surface area contributed by atoms with Crippen LogP contribution in [0.5, 0.6) is 0 Å². The molecule has 1 aromatic carbocycles. The second-order valence-electron chi connectivity index (χ2n) is 4.72. The topological polar surface area (TPSA) is 89.2 Å². The van der Waals surface area contributed by atoms with Gasteiger partial charge in [-0.1, -0.05) is 6.07 Å². The molecule has 0 fully saturated rings. The van der Waals surface area contributed by atoms with Crippen LogP contribution in [0.1, 0.15) is 13.3 Å². The van der Waals surface area contributed by atoms with Gasteiger partial charge in [-0.2, -0.15) is 13.4 Å². The molecule has 0 saturated carbocycles. The van der Waals surface area contributed by atoms with Crippen molar-refractivity contribution in [1.82, 2.24) is 14.8 Å². The van der Waals surface area contributed by atoms with Crippen molar-refractivity contribution in [1.29, 1.82) is 0 Å². The third kappa shape index (κ3) is 2.56. The van der Waals surface area contributed by atoms with Gasteiger partial charge in [0.15, 0.2) is 0 Å². The molecular weight excluding hydrogens is 316 g/mol. The van der Waals surface area contributed by atoms with E-state index in [1.807, 2.05) is 4.72 Å². The van der Waals surface area contributed by atoms with Crippen molar-refractivity contribution >= 4 is 27.4 Å². The molecule has 22 heavy (non-hydrogen) atoms. The Morgan fingerprint density at radius 3 is 2.64 bits per heavy atom. The Kier molecular flexibility index (Phi) is 3.39. The van der Waals surface area contributed by atoms with Crippen LogP contribution in [0.15, 0.2) is 28.3 Å². The average Bonchev–Trinajstić information content (AvgIpc) is 2.87. The Labute approximate surface area is 124 Å². The Balaban J connectivity index is 1.98. The summed E-state index contributed by atoms with van der Waals surface area (Å²) in [6.07, 6.45) is 0.630. The molecule has 0 bridgehead atoms. The number of benzene rings is 1. The molecule has 2 aromatic rings. The minimum absolute atomic E-state index is 0.151. The highest BCUT2D eigenvalue weighted by atomic mass is 32.2. The van der Waals surface area contributed by atoms with Crippen molar-refractivity contribution < 1.29 is 17.2 Å². The highest BCUT2D eigenvalue weighted by molar-refractivity contribution is 7.92. The zero-order valence-electron chi connectivity index (χ0n) is 11.4. The standard InChI is InChI=1S/C12H11F2N5O2S/c1-7-5-6-19-11(15-7)16-12(17-19)22(20,21)18-10-8(13)3-2-4-9(10)14/h2-4,18H,5-6H2,1H3. The summed E-state index contributed by atoms with van der Waals surface area (Å²) in [4.78, 5) is 7.89. The number of aliphatic imine (C=N–C) groups is 1. The van der Waals surface area contributed by atoms with E-state index < -0.39 is 32.5 Å². The van der Waals surface area contributed by atoms with Crippen molar-refractivity contribution in [2.75, 3.05) is 4.72 Å². The van der Waals surface area contributed by atoms with Crippen molar-refractivity contribution in [2.24, 2.45) is 4.99 Å². The summed E-state index contributed by atoms with van der Waals surface area (Å²) in [6.45, 7) is 2.24. The van der Waals surface area contributed by atoms with Gasteiger partial charge in [-0.15, -0.1) is 5.10 Å². The lowest BCUT2D eigenvalue weighted by molar-refractivity contribution is 0.571. The van der Waals surface area contributed by atoms with Crippen LogP contribution in [-0.4, -0.2) is 28.9 Å². The maximum absolute atomic E-state index is 13.5. The molecule has 0 amide bonds. The Morgan fingerprint density at radius 1 is 1.27 bits per heavy atom. The summed E-state index contributed by atoms with van der Waals surface area (Å²) >= 11 is 0. The van der Waals surface area contributed by atoms with Crippen LogP contribution in [0.3, 0.4) is 0 Å². The van der Waals surface area contributed by atoms with Gasteiger partial charge in [0, 0.05) is 12.1 Å². The van der Waals surface area contributed by atoms with E-state index in [0.29, 0.717) is 13.0 Å². The first-order chi connectivity index (χ1) is 10.4. The Morgan fingerprint density at radius 2 is 1.95 bits per heavy atom. The molecule has 1 N–H and O–H groups in total. The average molecular weight is 327 g/mol. The van der Waals surface area contributed by atoms with E-state index in [0.717, 1.165) is 23.9 Å². The van der Waals surface area contributed by atoms with E-state index in [1.54, 1.807) is 6.92 Å². The van der Waals surface area contributed by atoms with Crippen molar-refractivity contribution in [2.45, 2.75) is 25.0 Å². The number of hydrogen-bond acceptors (Lipinski definition) is 5. The lowest BCUT2D eigenvalue weighted by Gasteiger charge is -2.08. The van der Waals surface area contributed by atoms with Crippen molar-refractivity contribution in [3.63, 3.8) is 0 Å². The number of para-hydroxylation sites is 1. The van der Waals surface area contributed by atoms with Crippen LogP contribution in [0.25, 0.3) is 0 Å². The molecule has 1 aliphatic rings. The smallest absolute Gasteiger partial charge is 0.271 e. The Hall–Kier alpha value is -2.36. The molecule has 0 atom stereocenters. The van der Waals surface area contributed by atoms with Crippen LogP contribution in [0.4, 0.5) is 20.4 Å². The quantitative estimate of drug-likeness (QED) is 0.932. The third-order valence-electron chi connectivity index (χ3n) is 3.05. The predicted molar refractivity (Wildman–Crippen MR) is 74.6 cm³/mol. The fraction of sp³-hybridized carbons (Fsp3) is 0.250. The first-order valence-electron chi connectivity index (χ1n) is 6.32. The summed E-state index contributed by atoms with van der Waals surface area (Å²) < 4.78 is 54.6. The second-order valence-corrected chi connectivity index (χ2v) is 6.29. The van der Waals surface area contributed by atoms with Crippen molar-refractivity contribution in [3.05, 3.63) is 29.8 Å². The predicted octanol–water partition coefficient (Wildman–Crippen LogP) is 1.85. The Bertz CT molecular complexity index is 855. The molecule has 0 spiro atoms. The largest absolute Gasteiger partial charge is 0.299 e. The maximum Gasteiger partial charge on any atom is 0.299 e. The summed E-state index contributed by atoms with van der Waals surface area (Å²) in [5.41, 5.74) is 0.0342. The van der Waals surface area contributed by atoms with Gasteiger partial charge < -0.3 is 0 Å². The molecule has 116 valence electrons. The van der Waals surface area contributed by atoms with Gasteiger partial charge in [-0.3, -0.25) is 4.72 Å². The normalized spacial score (nSPS) is 14.4. The molecular formula is C12H11F2N5O2S. The van der Waals surface area contributed by atoms with Crippen LogP contribution in [0, 0.1) is 11.6 Å². The number of sulfonamides is 1. The molecule has 1 aliphatic heterocycles. The highest BCUT2D eigenvalue weighted by Crippen LogP contribution is 2.23. The molecule has 10 heteroatoms. The number of hydrogen-bond donors (Lipinski definition) is 1. The molecule has 0 unspecified atom stereocenters. The first-order valence-corrected chi connectivity index (χ1v) is 7.81. The molecule has 0 aliphatic carbocycles. The number of aromatic nitrogens is 3. The molecule has 0 radical (unpaired) electrons. The minimum Gasteiger partial charge on any atom is -0.271 e. The summed E-state index contributed by atoms with van der Waals surface area (Å²) in [7, 11) is -4.31. The van der Waals surface area contributed by atoms with Crippen molar-refractivity contribution in [3.8, 4) is 0 Å². The lowest BCUT2D eigenvalue weighted by Crippen LogP contribution is -2.17. The number of rotatable bonds is 3. The monoisotopic (exact) mass is 327 g/mol. The zero-order chi connectivity index (χ0) is 15.9. The summed E-state index contributed by atoms with van der Waals surface area (Å²) in [5.74, 6) is -1.90. The van der Waals surface area contributed by atoms with Crippen LogP contribution < -0.4 is 4.72 Å². The summed E-state index contributed by atoms with van der Waals surface area (Å²) in [5, 5.41) is 3.24. The van der Waals surface area contributed by atoms with Gasteiger partial charge in [0.2, 0.25) is 5.95 Å². The molecule has 7 nitrogen and oxygen atoms in total. The fourth-order valence-electron chi connectivity index (χ4n) is 1.93. The van der Waals surface area contributed by atoms with E-state index in [4.69, 9.17) is 0 Å². The van der Waals surface area contributed by atoms with E-state index in [2.05, 4.69) is 15.1 Å². The number of nitrogens with zero attached hydrogens (tertiary/aromatic N) is 4. The first kappa shape index (κ1) is 14.6. The molecule has 0 saturated heterocycles. The van der Waals surface area contributed by atoms with Gasteiger partial charge in [-0.25, -0.2) is 18.5 Å². The number of halogens is 2. The summed E-state index contributed by atoms with van der Waals surface area (Å²) in [6, 6.07) is 3.02. The van der Waals surface area contributed by atoms with Crippen LogP contribution in [0.2, 0.25) is 0 Å². The zero-order valence-corrected chi connectivity index (χ0v) is 12.2. The number of aryl methyl sites for hydroxylation is 1. The molecule has 1 aromatic heterocycles. The van der Waals surface area contributed by atoms with E-state index in [-0.39, 0.29) is 5.95 Å². The van der Waals surface area contributed by atoms with E-state index >= 15 is 0 Å². The minimum atomic E-state index is -4.31. The van der Waals surface area contributed by atoms with Gasteiger partial charge in [0.05, 0.1) is 6.54 Å². The SMILES string of the molecule is CC1=Nc2nc(S(=O)(=O)Nc3c(F)cccc3F)nn2CC1. The van der Waals surface area contributed by atoms with E-state index in [1.165, 1.54) is 4.68 Å². The molecule has 3 rings (SSSR count). The fourth-order valence-corrected chi connectivity index (χ4v) is 2.89. The number of anilines is 1. The number of nitrogens with one attached hydrogen (secondary N) is 1. The van der Waals surface area contributed by atoms with Gasteiger partial charge in [0.25, 0.3) is 15.2 Å². The van der Waals surface area contributed by atoms with Crippen LogP contribution in [-0.2, 0) is 16.6 Å². The molecule has 2 heterocycles. The van der Waals surface area contributed by atoms with Gasteiger partial charge in [-0.05, 0) is 19.1 Å². The second kappa shape index (κ2) is 5.13. The van der Waals surface area contributed by atoms with Gasteiger partial charge >= 0.3 is 0 Å². The van der Waals surface area contributed by atoms with Gasteiger partial charge in [0.1, 0.15) is 17.3 Å². The highest BCUT2D eigenvalue weighted by Gasteiger charge is 2.26.